The summed E-state index contributed by atoms with van der Waals surface area (Å²) in [4.78, 5) is 11.3. The van der Waals surface area contributed by atoms with E-state index in [-0.39, 0.29) is 5.91 Å². The molecule has 3 nitrogen and oxygen atoms in total. The van der Waals surface area contributed by atoms with Gasteiger partial charge >= 0.3 is 0 Å². The number of nitrogens with one attached hydrogen (secondary N) is 1. The summed E-state index contributed by atoms with van der Waals surface area (Å²) < 4.78 is 2.33. The van der Waals surface area contributed by atoms with Gasteiger partial charge in [-0.15, -0.1) is 0 Å². The van der Waals surface area contributed by atoms with Gasteiger partial charge in [-0.3, -0.25) is 4.79 Å². The summed E-state index contributed by atoms with van der Waals surface area (Å²) in [6, 6.07) is 31.8. The molecule has 1 aromatic heterocycles. The number of benzene rings is 4. The van der Waals surface area contributed by atoms with Crippen LogP contribution >= 0.6 is 0 Å². The number of hydrogen-bond acceptors (Lipinski definition) is 1. The summed E-state index contributed by atoms with van der Waals surface area (Å²) in [5.74, 6) is -0.0618. The van der Waals surface area contributed by atoms with Crippen LogP contribution in [0.1, 0.15) is 12.5 Å². The minimum Gasteiger partial charge on any atom is -0.326 e. The summed E-state index contributed by atoms with van der Waals surface area (Å²) in [5.41, 5.74) is 7.90. The number of carbonyl (C=O) groups is 1. The molecule has 146 valence electrons. The first-order valence-electron chi connectivity index (χ1n) is 10.1. The van der Waals surface area contributed by atoms with E-state index < -0.39 is 0 Å². The molecule has 0 saturated carbocycles. The number of nitrogens with zero attached hydrogens (tertiary/aromatic N) is 1. The summed E-state index contributed by atoms with van der Waals surface area (Å²) in [5, 5.41) is 5.31. The number of anilines is 1. The van der Waals surface area contributed by atoms with Crippen LogP contribution in [0.3, 0.4) is 0 Å². The van der Waals surface area contributed by atoms with E-state index in [1.54, 1.807) is 0 Å². The second-order valence-electron chi connectivity index (χ2n) is 7.68. The number of hydrogen-bond donors (Lipinski definition) is 1. The van der Waals surface area contributed by atoms with Crippen molar-refractivity contribution in [1.29, 1.82) is 0 Å². The number of rotatable bonds is 3. The van der Waals surface area contributed by atoms with Gasteiger partial charge in [0, 0.05) is 29.1 Å². The first kappa shape index (κ1) is 18.2. The van der Waals surface area contributed by atoms with Gasteiger partial charge in [0.1, 0.15) is 0 Å². The largest absolute Gasteiger partial charge is 0.326 e. The van der Waals surface area contributed by atoms with Crippen molar-refractivity contribution >= 4 is 33.4 Å². The van der Waals surface area contributed by atoms with Gasteiger partial charge in [0.05, 0.1) is 11.0 Å². The maximum Gasteiger partial charge on any atom is 0.221 e. The zero-order valence-electron chi connectivity index (χ0n) is 17.0. The molecule has 0 unspecified atom stereocenters. The Balaban J connectivity index is 1.70. The number of aromatic nitrogens is 1. The van der Waals surface area contributed by atoms with Crippen molar-refractivity contribution in [1.82, 2.24) is 4.57 Å². The molecule has 1 N–H and O–H groups in total. The molecule has 0 aliphatic carbocycles. The number of para-hydroxylation sites is 1. The molecule has 1 heterocycles. The van der Waals surface area contributed by atoms with E-state index in [4.69, 9.17) is 0 Å². The van der Waals surface area contributed by atoms with Gasteiger partial charge in [-0.05, 0) is 66.6 Å². The van der Waals surface area contributed by atoms with Gasteiger partial charge in [0.25, 0.3) is 0 Å². The summed E-state index contributed by atoms with van der Waals surface area (Å²) in [6.07, 6.45) is 0. The lowest BCUT2D eigenvalue weighted by Crippen LogP contribution is -2.05. The van der Waals surface area contributed by atoms with Crippen LogP contribution in [-0.2, 0) is 4.79 Å². The highest BCUT2D eigenvalue weighted by atomic mass is 16.1. The maximum absolute atomic E-state index is 11.3. The minimum absolute atomic E-state index is 0.0618. The standard InChI is InChI=1S/C27H22N2O/c1-18-8-14-26-24(16-18)25-17-21(20-9-12-22(13-10-20)28-19(2)30)11-15-27(25)29(26)23-6-4-3-5-7-23/h3-17H,1-2H3,(H,28,30). The molecule has 0 aliphatic heterocycles. The smallest absolute Gasteiger partial charge is 0.221 e. The van der Waals surface area contributed by atoms with Crippen LogP contribution in [0.4, 0.5) is 5.69 Å². The van der Waals surface area contributed by atoms with Crippen LogP contribution in [0.25, 0.3) is 38.6 Å². The fourth-order valence-electron chi connectivity index (χ4n) is 4.12. The van der Waals surface area contributed by atoms with Gasteiger partial charge in [0.15, 0.2) is 0 Å². The molecule has 1 amide bonds. The fraction of sp³-hybridized carbons (Fsp3) is 0.0741. The average molecular weight is 390 g/mol. The molecule has 0 radical (unpaired) electrons. The second kappa shape index (κ2) is 7.20. The molecule has 0 spiro atoms. The normalized spacial score (nSPS) is 11.1. The summed E-state index contributed by atoms with van der Waals surface area (Å²) >= 11 is 0. The molecular weight excluding hydrogens is 368 g/mol. The monoisotopic (exact) mass is 390 g/mol. The molecule has 0 aliphatic rings. The number of aryl methyl sites for hydroxylation is 1. The van der Waals surface area contributed by atoms with Crippen LogP contribution in [0.2, 0.25) is 0 Å². The lowest BCUT2D eigenvalue weighted by Gasteiger charge is -2.08. The second-order valence-corrected chi connectivity index (χ2v) is 7.68. The third kappa shape index (κ3) is 3.15. The highest BCUT2D eigenvalue weighted by molar-refractivity contribution is 6.10. The molecule has 5 aromatic rings. The fourth-order valence-corrected chi connectivity index (χ4v) is 4.12. The average Bonchev–Trinajstić information content (AvgIpc) is 3.07. The zero-order chi connectivity index (χ0) is 20.7. The Morgan fingerprint density at radius 2 is 1.37 bits per heavy atom. The highest BCUT2D eigenvalue weighted by Gasteiger charge is 2.13. The van der Waals surface area contributed by atoms with Crippen molar-refractivity contribution in [3.05, 3.63) is 96.6 Å². The third-order valence-electron chi connectivity index (χ3n) is 5.47. The van der Waals surface area contributed by atoms with Crippen molar-refractivity contribution in [3.63, 3.8) is 0 Å². The van der Waals surface area contributed by atoms with Crippen molar-refractivity contribution in [2.75, 3.05) is 5.32 Å². The van der Waals surface area contributed by atoms with Crippen molar-refractivity contribution < 1.29 is 4.79 Å². The zero-order valence-corrected chi connectivity index (χ0v) is 17.0. The molecule has 0 saturated heterocycles. The first-order chi connectivity index (χ1) is 14.6. The Morgan fingerprint density at radius 3 is 2.07 bits per heavy atom. The maximum atomic E-state index is 11.3. The molecule has 0 atom stereocenters. The summed E-state index contributed by atoms with van der Waals surface area (Å²) in [7, 11) is 0. The minimum atomic E-state index is -0.0618. The Hall–Kier alpha value is -3.85. The molecule has 4 aromatic carbocycles. The lowest BCUT2D eigenvalue weighted by molar-refractivity contribution is -0.114. The molecule has 3 heteroatoms. The number of carbonyl (C=O) groups excluding carboxylic acids is 1. The lowest BCUT2D eigenvalue weighted by atomic mass is 10.0. The predicted octanol–water partition coefficient (Wildman–Crippen LogP) is 6.72. The van der Waals surface area contributed by atoms with E-state index >= 15 is 0 Å². The van der Waals surface area contributed by atoms with Crippen molar-refractivity contribution in [2.45, 2.75) is 13.8 Å². The Bertz CT molecular complexity index is 1380. The third-order valence-corrected chi connectivity index (χ3v) is 5.47. The van der Waals surface area contributed by atoms with E-state index in [0.29, 0.717) is 0 Å². The molecule has 30 heavy (non-hydrogen) atoms. The van der Waals surface area contributed by atoms with Gasteiger partial charge in [0.2, 0.25) is 5.91 Å². The van der Waals surface area contributed by atoms with E-state index in [0.717, 1.165) is 22.5 Å². The summed E-state index contributed by atoms with van der Waals surface area (Å²) in [6.45, 7) is 3.65. The Morgan fingerprint density at radius 1 is 0.733 bits per heavy atom. The SMILES string of the molecule is CC(=O)Nc1ccc(-c2ccc3c(c2)c2cc(C)ccc2n3-c2ccccc2)cc1. The van der Waals surface area contributed by atoms with Gasteiger partial charge in [-0.1, -0.05) is 48.0 Å². The van der Waals surface area contributed by atoms with Crippen LogP contribution in [0.15, 0.2) is 91.0 Å². The van der Waals surface area contributed by atoms with Crippen molar-refractivity contribution in [2.24, 2.45) is 0 Å². The molecular formula is C27H22N2O. The van der Waals surface area contributed by atoms with Crippen LogP contribution in [-0.4, -0.2) is 10.5 Å². The van der Waals surface area contributed by atoms with Crippen LogP contribution in [0.5, 0.6) is 0 Å². The highest BCUT2D eigenvalue weighted by Crippen LogP contribution is 2.35. The van der Waals surface area contributed by atoms with E-state index in [1.165, 1.54) is 34.3 Å². The Labute approximate surface area is 175 Å². The molecule has 0 fully saturated rings. The van der Waals surface area contributed by atoms with Crippen LogP contribution in [0, 0.1) is 6.92 Å². The van der Waals surface area contributed by atoms with E-state index in [2.05, 4.69) is 77.5 Å². The number of fused-ring (bicyclic) bond motifs is 3. The van der Waals surface area contributed by atoms with E-state index in [1.807, 2.05) is 30.3 Å². The molecule has 5 rings (SSSR count). The topological polar surface area (TPSA) is 34.0 Å². The molecule has 0 bridgehead atoms. The quantitative estimate of drug-likeness (QED) is 0.365. The van der Waals surface area contributed by atoms with E-state index in [9.17, 15) is 4.79 Å². The first-order valence-corrected chi connectivity index (χ1v) is 10.1. The number of amides is 1. The van der Waals surface area contributed by atoms with Gasteiger partial charge in [-0.2, -0.15) is 0 Å². The van der Waals surface area contributed by atoms with Crippen LogP contribution < -0.4 is 5.32 Å². The van der Waals surface area contributed by atoms with Gasteiger partial charge < -0.3 is 9.88 Å². The predicted molar refractivity (Wildman–Crippen MR) is 125 cm³/mol. The van der Waals surface area contributed by atoms with Gasteiger partial charge in [-0.25, -0.2) is 0 Å². The van der Waals surface area contributed by atoms with Crippen molar-refractivity contribution in [3.8, 4) is 16.8 Å². The Kier molecular flexibility index (Phi) is 4.36.